The minimum Gasteiger partial charge on any atom is -0.494 e. The molecule has 3 atom stereocenters. The van der Waals surface area contributed by atoms with E-state index in [9.17, 15) is 14.8 Å². The molecule has 9 nitrogen and oxygen atoms in total. The van der Waals surface area contributed by atoms with Crippen LogP contribution >= 0.6 is 0 Å². The third kappa shape index (κ3) is 5.12. The summed E-state index contributed by atoms with van der Waals surface area (Å²) in [5.74, 6) is 0.966. The lowest BCUT2D eigenvalue weighted by molar-refractivity contribution is 0.0146. The number of alkyl halides is 1. The zero-order valence-electron chi connectivity index (χ0n) is 23.4. The van der Waals surface area contributed by atoms with Crippen molar-refractivity contribution < 1.29 is 18.7 Å². The lowest BCUT2D eigenvalue weighted by Crippen LogP contribution is -2.33. The topological polar surface area (TPSA) is 102 Å². The molecule has 41 heavy (non-hydrogen) atoms. The van der Waals surface area contributed by atoms with E-state index in [1.807, 2.05) is 40.1 Å². The Morgan fingerprint density at radius 2 is 2.00 bits per heavy atom. The van der Waals surface area contributed by atoms with Crippen LogP contribution in [-0.4, -0.2) is 84.5 Å². The summed E-state index contributed by atoms with van der Waals surface area (Å²) < 4.78 is 25.8. The second-order valence-electron chi connectivity index (χ2n) is 11.0. The second-order valence-corrected chi connectivity index (χ2v) is 11.0. The van der Waals surface area contributed by atoms with E-state index >= 15 is 0 Å². The van der Waals surface area contributed by atoms with Crippen LogP contribution in [0.5, 0.6) is 5.75 Å². The number of aromatic nitrogens is 2. The summed E-state index contributed by atoms with van der Waals surface area (Å²) in [6.07, 6.45) is 3.17. The van der Waals surface area contributed by atoms with Crippen LogP contribution in [0.3, 0.4) is 0 Å². The third-order valence-electron chi connectivity index (χ3n) is 8.21. The largest absolute Gasteiger partial charge is 0.494 e. The summed E-state index contributed by atoms with van der Waals surface area (Å²) in [5, 5.41) is 20.9. The smallest absolute Gasteiger partial charge is 0.161 e. The summed E-state index contributed by atoms with van der Waals surface area (Å²) in [4.78, 5) is 15.3. The summed E-state index contributed by atoms with van der Waals surface area (Å²) in [7, 11) is 5.68. The Morgan fingerprint density at radius 1 is 1.15 bits per heavy atom. The van der Waals surface area contributed by atoms with Gasteiger partial charge in [-0.15, -0.1) is 0 Å². The maximum Gasteiger partial charge on any atom is 0.161 e. The average Bonchev–Trinajstić information content (AvgIpc) is 3.75. The number of aliphatic hydroxyl groups is 1. The highest BCUT2D eigenvalue weighted by Crippen LogP contribution is 2.38. The van der Waals surface area contributed by atoms with E-state index in [0.717, 1.165) is 36.3 Å². The van der Waals surface area contributed by atoms with E-state index in [4.69, 9.17) is 9.15 Å². The summed E-state index contributed by atoms with van der Waals surface area (Å²) in [5.41, 5.74) is 5.16. The monoisotopic (exact) mass is 556 g/mol. The maximum absolute atomic E-state index is 13.8. The normalized spacial score (nSPS) is 20.2. The number of ether oxygens (including phenoxy) is 1. The molecule has 2 aliphatic heterocycles. The van der Waals surface area contributed by atoms with Crippen LogP contribution in [-0.2, 0) is 0 Å². The van der Waals surface area contributed by atoms with Crippen LogP contribution in [0.4, 0.5) is 10.1 Å². The first kappa shape index (κ1) is 27.1. The molecule has 212 valence electrons. The number of fused-ring (bicyclic) bond motifs is 1. The zero-order valence-corrected chi connectivity index (χ0v) is 23.4. The minimum absolute atomic E-state index is 0.300. The SMILES string of the molecule is COc1cc(C(O)N2CC[C@H](N(C)C)C2)cnc1-c1cc2nccc(-c3ccc(N4CCC(F)C4)c(C#N)c3)c2o1. The molecular weight excluding hydrogens is 523 g/mol. The van der Waals surface area contributed by atoms with Gasteiger partial charge >= 0.3 is 0 Å². The van der Waals surface area contributed by atoms with E-state index in [-0.39, 0.29) is 0 Å². The molecule has 1 N–H and O–H groups in total. The molecule has 0 saturated carbocycles. The second kappa shape index (κ2) is 11.1. The van der Waals surface area contributed by atoms with Gasteiger partial charge in [0.25, 0.3) is 0 Å². The fraction of sp³-hybridized carbons (Fsp3) is 0.387. The Labute approximate surface area is 238 Å². The van der Waals surface area contributed by atoms with Gasteiger partial charge in [-0.3, -0.25) is 9.88 Å². The standard InChI is InChI=1S/C31H33FN6O3/c1-36(2)23-8-11-38(18-23)31(39)21-13-27(40-3)29(35-16-21)28-14-25-30(41-28)24(6-9-34-25)19-4-5-26(20(12-19)15-33)37-10-7-22(32)17-37/h4-6,9,12-14,16,22-23,31,39H,7-8,10-11,17-18H2,1-3H3/t22?,23-,31?/m0/s1. The highest BCUT2D eigenvalue weighted by molar-refractivity contribution is 5.93. The fourth-order valence-electron chi connectivity index (χ4n) is 5.85. The minimum atomic E-state index is -0.874. The molecule has 0 aliphatic carbocycles. The first-order chi connectivity index (χ1) is 19.9. The van der Waals surface area contributed by atoms with E-state index in [2.05, 4.69) is 35.0 Å². The predicted molar refractivity (Wildman–Crippen MR) is 154 cm³/mol. The lowest BCUT2D eigenvalue weighted by Gasteiger charge is -2.25. The summed E-state index contributed by atoms with van der Waals surface area (Å²) in [6, 6.07) is 13.7. The number of hydrogen-bond donors (Lipinski definition) is 1. The molecule has 2 fully saturated rings. The van der Waals surface area contributed by atoms with Gasteiger partial charge in [0.15, 0.2) is 11.3 Å². The van der Waals surface area contributed by atoms with Crippen molar-refractivity contribution >= 4 is 16.8 Å². The van der Waals surface area contributed by atoms with Gasteiger partial charge in [-0.25, -0.2) is 9.37 Å². The number of benzene rings is 1. The summed E-state index contributed by atoms with van der Waals surface area (Å²) >= 11 is 0. The molecule has 0 spiro atoms. The van der Waals surface area contributed by atoms with Crippen LogP contribution < -0.4 is 9.64 Å². The molecule has 0 bridgehead atoms. The molecular formula is C31H33FN6O3. The van der Waals surface area contributed by atoms with Crippen molar-refractivity contribution in [3.05, 3.63) is 59.9 Å². The third-order valence-corrected chi connectivity index (χ3v) is 8.21. The highest BCUT2D eigenvalue weighted by Gasteiger charge is 2.30. The summed E-state index contributed by atoms with van der Waals surface area (Å²) in [6.45, 7) is 2.47. The molecule has 2 unspecified atom stereocenters. The maximum atomic E-state index is 13.8. The molecule has 5 heterocycles. The number of nitriles is 1. The number of nitrogens with zero attached hydrogens (tertiary/aromatic N) is 6. The van der Waals surface area contributed by atoms with Gasteiger partial charge in [-0.1, -0.05) is 6.07 Å². The molecule has 6 rings (SSSR count). The van der Waals surface area contributed by atoms with Gasteiger partial charge in [-0.2, -0.15) is 5.26 Å². The first-order valence-corrected chi connectivity index (χ1v) is 13.8. The quantitative estimate of drug-likeness (QED) is 0.350. The van der Waals surface area contributed by atoms with Crippen molar-refractivity contribution in [3.8, 4) is 34.4 Å². The van der Waals surface area contributed by atoms with Crippen molar-refractivity contribution in [2.24, 2.45) is 0 Å². The van der Waals surface area contributed by atoms with E-state index in [1.54, 1.807) is 25.6 Å². The number of methoxy groups -OCH3 is 1. The molecule has 2 saturated heterocycles. The molecule has 3 aromatic heterocycles. The van der Waals surface area contributed by atoms with Crippen LogP contribution in [0, 0.1) is 11.3 Å². The first-order valence-electron chi connectivity index (χ1n) is 13.8. The lowest BCUT2D eigenvalue weighted by atomic mass is 10.0. The van der Waals surface area contributed by atoms with Crippen molar-refractivity contribution in [2.45, 2.75) is 31.3 Å². The van der Waals surface area contributed by atoms with E-state index in [1.165, 1.54) is 0 Å². The number of hydrogen-bond acceptors (Lipinski definition) is 9. The van der Waals surface area contributed by atoms with Crippen LogP contribution in [0.1, 0.15) is 30.2 Å². The van der Waals surface area contributed by atoms with Crippen molar-refractivity contribution in [2.75, 3.05) is 52.3 Å². The Kier molecular flexibility index (Phi) is 7.34. The van der Waals surface area contributed by atoms with E-state index in [0.29, 0.717) is 65.0 Å². The van der Waals surface area contributed by atoms with Crippen LogP contribution in [0.2, 0.25) is 0 Å². The number of rotatable bonds is 7. The van der Waals surface area contributed by atoms with Crippen LogP contribution in [0.15, 0.2) is 53.2 Å². The van der Waals surface area contributed by atoms with Crippen molar-refractivity contribution in [1.29, 1.82) is 5.26 Å². The average molecular weight is 557 g/mol. The molecule has 1 aromatic carbocycles. The van der Waals surface area contributed by atoms with Gasteiger partial charge < -0.3 is 24.1 Å². The number of pyridine rings is 2. The molecule has 4 aromatic rings. The van der Waals surface area contributed by atoms with Gasteiger partial charge in [0.05, 0.1) is 18.4 Å². The Bertz CT molecular complexity index is 1620. The van der Waals surface area contributed by atoms with Crippen molar-refractivity contribution in [1.82, 2.24) is 19.8 Å². The molecule has 0 radical (unpaired) electrons. The van der Waals surface area contributed by atoms with Gasteiger partial charge in [-0.05, 0) is 56.8 Å². The highest BCUT2D eigenvalue weighted by atomic mass is 19.1. The fourth-order valence-corrected chi connectivity index (χ4v) is 5.85. The van der Waals surface area contributed by atoms with Crippen LogP contribution in [0.25, 0.3) is 33.7 Å². The number of aliphatic hydroxyl groups excluding tert-OH is 1. The Balaban J connectivity index is 1.31. The van der Waals surface area contributed by atoms with Crippen molar-refractivity contribution in [3.63, 3.8) is 0 Å². The zero-order chi connectivity index (χ0) is 28.7. The molecule has 0 amide bonds. The van der Waals surface area contributed by atoms with Gasteiger partial charge in [0, 0.05) is 61.8 Å². The number of likely N-dealkylation sites (tertiary alicyclic amines) is 1. The number of anilines is 1. The number of furan rings is 1. The predicted octanol–water partition coefficient (Wildman–Crippen LogP) is 4.61. The van der Waals surface area contributed by atoms with Gasteiger partial charge in [0.2, 0.25) is 0 Å². The Morgan fingerprint density at radius 3 is 2.71 bits per heavy atom. The Hall–Kier alpha value is -4.04. The number of likely N-dealkylation sites (N-methyl/N-ethyl adjacent to an activating group) is 1. The molecule has 10 heteroatoms. The molecule has 2 aliphatic rings. The van der Waals surface area contributed by atoms with Gasteiger partial charge in [0.1, 0.15) is 35.4 Å². The van der Waals surface area contributed by atoms with E-state index < -0.39 is 12.4 Å². The number of halogens is 1.